The van der Waals surface area contributed by atoms with Crippen LogP contribution in [0, 0.1) is 19.7 Å². The topological polar surface area (TPSA) is 29.9 Å². The Hall–Kier alpha value is -2.07. The SMILES string of the molecule is Cc1c(C)n(C)c2ccnc(NCc3ccc(F)cc3)c12.Cl. The molecule has 2 heterocycles. The van der Waals surface area contributed by atoms with Gasteiger partial charge in [0.1, 0.15) is 11.6 Å². The molecule has 2 aromatic heterocycles. The number of anilines is 1. The summed E-state index contributed by atoms with van der Waals surface area (Å²) in [4.78, 5) is 4.46. The first kappa shape index (κ1) is 16.3. The van der Waals surface area contributed by atoms with Crippen molar-refractivity contribution >= 4 is 29.1 Å². The third-order valence-electron chi connectivity index (χ3n) is 4.08. The van der Waals surface area contributed by atoms with Crippen LogP contribution in [0.2, 0.25) is 0 Å². The van der Waals surface area contributed by atoms with Gasteiger partial charge in [-0.3, -0.25) is 0 Å². The lowest BCUT2D eigenvalue weighted by molar-refractivity contribution is 0.627. The lowest BCUT2D eigenvalue weighted by Gasteiger charge is -2.08. The van der Waals surface area contributed by atoms with Crippen LogP contribution in [0.3, 0.4) is 0 Å². The predicted octanol–water partition coefficient (Wildman–Crippen LogP) is 4.36. The van der Waals surface area contributed by atoms with Crippen molar-refractivity contribution in [2.75, 3.05) is 5.32 Å². The number of aryl methyl sites for hydroxylation is 2. The predicted molar refractivity (Wildman–Crippen MR) is 91.2 cm³/mol. The summed E-state index contributed by atoms with van der Waals surface area (Å²) in [5.41, 5.74) is 4.67. The first-order valence-electron chi connectivity index (χ1n) is 6.97. The lowest BCUT2D eigenvalue weighted by Crippen LogP contribution is -2.02. The standard InChI is InChI=1S/C17H18FN3.ClH/c1-11-12(2)21(3)15-8-9-19-17(16(11)15)20-10-13-4-6-14(18)7-5-13;/h4-9H,10H2,1-3H3,(H,19,20);1H. The zero-order chi connectivity index (χ0) is 15.0. The maximum atomic E-state index is 12.9. The number of pyridine rings is 1. The van der Waals surface area contributed by atoms with Crippen LogP contribution < -0.4 is 5.32 Å². The lowest BCUT2D eigenvalue weighted by atomic mass is 10.1. The first-order chi connectivity index (χ1) is 10.1. The van der Waals surface area contributed by atoms with E-state index < -0.39 is 0 Å². The molecule has 0 fully saturated rings. The highest BCUT2D eigenvalue weighted by atomic mass is 35.5. The minimum atomic E-state index is -0.214. The summed E-state index contributed by atoms with van der Waals surface area (Å²) in [7, 11) is 2.06. The van der Waals surface area contributed by atoms with E-state index >= 15 is 0 Å². The molecule has 5 heteroatoms. The number of rotatable bonds is 3. The molecule has 3 aromatic rings. The monoisotopic (exact) mass is 319 g/mol. The van der Waals surface area contributed by atoms with Crippen molar-refractivity contribution in [1.29, 1.82) is 0 Å². The summed E-state index contributed by atoms with van der Waals surface area (Å²) in [6, 6.07) is 8.54. The Morgan fingerprint density at radius 1 is 1.14 bits per heavy atom. The molecule has 0 unspecified atom stereocenters. The number of benzene rings is 1. The van der Waals surface area contributed by atoms with Gasteiger partial charge in [-0.1, -0.05) is 12.1 Å². The molecule has 0 spiro atoms. The quantitative estimate of drug-likeness (QED) is 0.777. The van der Waals surface area contributed by atoms with Gasteiger partial charge < -0.3 is 9.88 Å². The van der Waals surface area contributed by atoms with Crippen molar-refractivity contribution in [2.45, 2.75) is 20.4 Å². The largest absolute Gasteiger partial charge is 0.365 e. The van der Waals surface area contributed by atoms with E-state index in [0.717, 1.165) is 16.8 Å². The Labute approximate surface area is 135 Å². The van der Waals surface area contributed by atoms with Gasteiger partial charge in [-0.2, -0.15) is 0 Å². The number of hydrogen-bond donors (Lipinski definition) is 1. The summed E-state index contributed by atoms with van der Waals surface area (Å²) in [6.07, 6.45) is 1.81. The van der Waals surface area contributed by atoms with Gasteiger partial charge in [0.2, 0.25) is 0 Å². The fourth-order valence-corrected chi connectivity index (χ4v) is 2.64. The third kappa shape index (κ3) is 2.79. The highest BCUT2D eigenvalue weighted by Crippen LogP contribution is 2.29. The van der Waals surface area contributed by atoms with Gasteiger partial charge in [0, 0.05) is 30.9 Å². The maximum Gasteiger partial charge on any atom is 0.135 e. The molecule has 0 atom stereocenters. The maximum absolute atomic E-state index is 12.9. The fraction of sp³-hybridized carbons (Fsp3) is 0.235. The van der Waals surface area contributed by atoms with Crippen molar-refractivity contribution in [2.24, 2.45) is 7.05 Å². The van der Waals surface area contributed by atoms with E-state index in [1.807, 2.05) is 12.3 Å². The Balaban J connectivity index is 0.00000176. The molecule has 0 radical (unpaired) electrons. The first-order valence-corrected chi connectivity index (χ1v) is 6.97. The van der Waals surface area contributed by atoms with Crippen molar-refractivity contribution in [3.8, 4) is 0 Å². The number of nitrogens with zero attached hydrogens (tertiary/aromatic N) is 2. The number of aromatic nitrogens is 2. The van der Waals surface area contributed by atoms with Crippen LogP contribution in [0.4, 0.5) is 10.2 Å². The number of hydrogen-bond acceptors (Lipinski definition) is 2. The average molecular weight is 320 g/mol. The second-order valence-corrected chi connectivity index (χ2v) is 5.30. The summed E-state index contributed by atoms with van der Waals surface area (Å²) < 4.78 is 15.1. The van der Waals surface area contributed by atoms with Crippen molar-refractivity contribution in [3.63, 3.8) is 0 Å². The number of nitrogens with one attached hydrogen (secondary N) is 1. The number of halogens is 2. The molecule has 0 aliphatic carbocycles. The van der Waals surface area contributed by atoms with Gasteiger partial charge in [0.05, 0.1) is 5.52 Å². The molecule has 3 rings (SSSR count). The molecule has 0 bridgehead atoms. The third-order valence-corrected chi connectivity index (χ3v) is 4.08. The van der Waals surface area contributed by atoms with E-state index in [1.165, 1.54) is 28.9 Å². The molecule has 116 valence electrons. The highest BCUT2D eigenvalue weighted by Gasteiger charge is 2.12. The van der Waals surface area contributed by atoms with Crippen LogP contribution in [0.25, 0.3) is 10.9 Å². The molecular formula is C17H19ClFN3. The summed E-state index contributed by atoms with van der Waals surface area (Å²) in [5, 5.41) is 4.51. The second kappa shape index (κ2) is 6.36. The van der Waals surface area contributed by atoms with Crippen molar-refractivity contribution in [3.05, 3.63) is 59.2 Å². The highest BCUT2D eigenvalue weighted by molar-refractivity contribution is 5.94. The van der Waals surface area contributed by atoms with E-state index in [-0.39, 0.29) is 18.2 Å². The summed E-state index contributed by atoms with van der Waals surface area (Å²) in [5.74, 6) is 0.659. The van der Waals surface area contributed by atoms with Crippen molar-refractivity contribution in [1.82, 2.24) is 9.55 Å². The van der Waals surface area contributed by atoms with Gasteiger partial charge >= 0.3 is 0 Å². The van der Waals surface area contributed by atoms with E-state index in [1.54, 1.807) is 12.1 Å². The van der Waals surface area contributed by atoms with E-state index in [2.05, 4.69) is 35.8 Å². The molecule has 0 amide bonds. The summed E-state index contributed by atoms with van der Waals surface area (Å²) in [6.45, 7) is 4.85. The molecular weight excluding hydrogens is 301 g/mol. The Morgan fingerprint density at radius 3 is 2.50 bits per heavy atom. The Morgan fingerprint density at radius 2 is 1.82 bits per heavy atom. The van der Waals surface area contributed by atoms with Gasteiger partial charge in [0.15, 0.2) is 0 Å². The molecule has 0 saturated carbocycles. The van der Waals surface area contributed by atoms with Gasteiger partial charge in [-0.15, -0.1) is 12.4 Å². The zero-order valence-electron chi connectivity index (χ0n) is 12.9. The van der Waals surface area contributed by atoms with Crippen LogP contribution in [-0.4, -0.2) is 9.55 Å². The minimum Gasteiger partial charge on any atom is -0.365 e. The van der Waals surface area contributed by atoms with Gasteiger partial charge in [0.25, 0.3) is 0 Å². The Kier molecular flexibility index (Phi) is 4.71. The molecule has 1 N–H and O–H groups in total. The average Bonchev–Trinajstić information content (AvgIpc) is 2.72. The van der Waals surface area contributed by atoms with Crippen LogP contribution in [0.15, 0.2) is 36.5 Å². The van der Waals surface area contributed by atoms with Crippen LogP contribution >= 0.6 is 12.4 Å². The van der Waals surface area contributed by atoms with E-state index in [9.17, 15) is 4.39 Å². The number of fused-ring (bicyclic) bond motifs is 1. The molecule has 0 aliphatic rings. The summed E-state index contributed by atoms with van der Waals surface area (Å²) >= 11 is 0. The normalized spacial score (nSPS) is 10.5. The molecule has 3 nitrogen and oxygen atoms in total. The van der Waals surface area contributed by atoms with Crippen LogP contribution in [0.5, 0.6) is 0 Å². The molecule has 22 heavy (non-hydrogen) atoms. The van der Waals surface area contributed by atoms with Crippen LogP contribution in [-0.2, 0) is 13.6 Å². The van der Waals surface area contributed by atoms with Gasteiger partial charge in [-0.25, -0.2) is 9.37 Å². The van der Waals surface area contributed by atoms with Gasteiger partial charge in [-0.05, 0) is 43.2 Å². The molecule has 0 aliphatic heterocycles. The molecule has 0 saturated heterocycles. The van der Waals surface area contributed by atoms with E-state index in [0.29, 0.717) is 6.54 Å². The molecule has 1 aromatic carbocycles. The smallest absolute Gasteiger partial charge is 0.135 e. The fourth-order valence-electron chi connectivity index (χ4n) is 2.64. The Bertz CT molecular complexity index is 794. The zero-order valence-corrected chi connectivity index (χ0v) is 13.7. The minimum absolute atomic E-state index is 0. The van der Waals surface area contributed by atoms with Crippen molar-refractivity contribution < 1.29 is 4.39 Å². The van der Waals surface area contributed by atoms with Crippen LogP contribution in [0.1, 0.15) is 16.8 Å². The van der Waals surface area contributed by atoms with E-state index in [4.69, 9.17) is 0 Å². The second-order valence-electron chi connectivity index (χ2n) is 5.30.